The summed E-state index contributed by atoms with van der Waals surface area (Å²) in [6.45, 7) is 3.82. The first-order valence-electron chi connectivity index (χ1n) is 7.80. The van der Waals surface area contributed by atoms with Gasteiger partial charge in [0.05, 0.1) is 20.8 Å². The molecule has 0 amide bonds. The zero-order chi connectivity index (χ0) is 18.2. The molecule has 0 aliphatic rings. The van der Waals surface area contributed by atoms with Gasteiger partial charge in [0, 0.05) is 6.07 Å². The summed E-state index contributed by atoms with van der Waals surface area (Å²) in [4.78, 5) is 11.9. The second kappa shape index (κ2) is 9.48. The summed E-state index contributed by atoms with van der Waals surface area (Å²) < 4.78 is 43.0. The van der Waals surface area contributed by atoms with Crippen LogP contribution in [0.5, 0.6) is 11.5 Å². The van der Waals surface area contributed by atoms with Crippen LogP contribution in [0, 0.1) is 0 Å². The number of unbranched alkanes of at least 4 members (excludes halogenated alkanes) is 1. The third-order valence-electron chi connectivity index (χ3n) is 3.38. The molecule has 0 fully saturated rings. The average Bonchev–Trinajstić information content (AvgIpc) is 2.58. The normalized spacial score (nSPS) is 12.5. The summed E-state index contributed by atoms with van der Waals surface area (Å²) in [6.07, 6.45) is 1.89. The molecule has 1 unspecified atom stereocenters. The van der Waals surface area contributed by atoms with Crippen molar-refractivity contribution in [2.75, 3.05) is 20.8 Å². The van der Waals surface area contributed by atoms with Crippen LogP contribution >= 0.6 is 0 Å². The van der Waals surface area contributed by atoms with Crippen molar-refractivity contribution < 1.29 is 27.4 Å². The Morgan fingerprint density at radius 1 is 1.21 bits per heavy atom. The highest BCUT2D eigenvalue weighted by Gasteiger charge is 2.28. The molecule has 136 valence electrons. The topological polar surface area (TPSA) is 90.9 Å². The van der Waals surface area contributed by atoms with Gasteiger partial charge in [-0.1, -0.05) is 19.8 Å². The molecule has 0 saturated heterocycles. The van der Waals surface area contributed by atoms with Gasteiger partial charge in [0.1, 0.15) is 22.4 Å². The summed E-state index contributed by atoms with van der Waals surface area (Å²) in [6, 6.07) is 3.51. The van der Waals surface area contributed by atoms with Crippen LogP contribution in [-0.4, -0.2) is 41.3 Å². The lowest BCUT2D eigenvalue weighted by Crippen LogP contribution is -2.41. The van der Waals surface area contributed by atoms with Crippen LogP contribution in [0.2, 0.25) is 0 Å². The number of methoxy groups -OCH3 is 2. The Kier molecular flexibility index (Phi) is 8.00. The van der Waals surface area contributed by atoms with Gasteiger partial charge in [-0.2, -0.15) is 4.72 Å². The number of rotatable bonds is 10. The Morgan fingerprint density at radius 3 is 2.46 bits per heavy atom. The first-order valence-corrected chi connectivity index (χ1v) is 9.28. The van der Waals surface area contributed by atoms with E-state index in [1.165, 1.54) is 26.4 Å². The highest BCUT2D eigenvalue weighted by Crippen LogP contribution is 2.28. The number of carbonyl (C=O) groups is 1. The molecule has 7 nitrogen and oxygen atoms in total. The van der Waals surface area contributed by atoms with Gasteiger partial charge in [-0.3, -0.25) is 4.79 Å². The number of ether oxygens (including phenoxy) is 3. The van der Waals surface area contributed by atoms with Crippen molar-refractivity contribution in [2.45, 2.75) is 44.0 Å². The molecule has 1 aromatic carbocycles. The zero-order valence-electron chi connectivity index (χ0n) is 14.5. The van der Waals surface area contributed by atoms with Crippen molar-refractivity contribution >= 4 is 16.0 Å². The summed E-state index contributed by atoms with van der Waals surface area (Å²) in [7, 11) is -1.17. The Labute approximate surface area is 143 Å². The predicted molar refractivity (Wildman–Crippen MR) is 89.8 cm³/mol. The summed E-state index contributed by atoms with van der Waals surface area (Å²) in [5.41, 5.74) is 0. The van der Waals surface area contributed by atoms with Crippen molar-refractivity contribution in [3.8, 4) is 11.5 Å². The Bertz CT molecular complexity index is 644. The van der Waals surface area contributed by atoms with Crippen molar-refractivity contribution in [2.24, 2.45) is 0 Å². The number of hydrogen-bond acceptors (Lipinski definition) is 6. The van der Waals surface area contributed by atoms with Crippen molar-refractivity contribution in [3.05, 3.63) is 18.2 Å². The fourth-order valence-electron chi connectivity index (χ4n) is 2.12. The number of carbonyl (C=O) groups excluding carboxylic acids is 1. The first kappa shape index (κ1) is 20.2. The maximum Gasteiger partial charge on any atom is 0.324 e. The van der Waals surface area contributed by atoms with Crippen molar-refractivity contribution in [1.82, 2.24) is 4.72 Å². The Hall–Kier alpha value is -1.80. The quantitative estimate of drug-likeness (QED) is 0.643. The maximum absolute atomic E-state index is 12.7. The van der Waals surface area contributed by atoms with E-state index in [4.69, 9.17) is 14.2 Å². The minimum absolute atomic E-state index is 0.0878. The van der Waals surface area contributed by atoms with E-state index in [0.29, 0.717) is 18.6 Å². The minimum atomic E-state index is -3.98. The maximum atomic E-state index is 12.7. The molecule has 0 spiro atoms. The molecule has 8 heteroatoms. The number of esters is 1. The molecule has 1 atom stereocenters. The lowest BCUT2D eigenvalue weighted by molar-refractivity contribution is -0.145. The van der Waals surface area contributed by atoms with Gasteiger partial charge in [0.25, 0.3) is 0 Å². The van der Waals surface area contributed by atoms with E-state index < -0.39 is 22.0 Å². The molecule has 0 heterocycles. The molecule has 0 aliphatic heterocycles. The number of sulfonamides is 1. The Morgan fingerprint density at radius 2 is 1.92 bits per heavy atom. The lowest BCUT2D eigenvalue weighted by Gasteiger charge is -2.18. The van der Waals surface area contributed by atoms with Gasteiger partial charge < -0.3 is 14.2 Å². The summed E-state index contributed by atoms with van der Waals surface area (Å²) in [5.74, 6) is -0.0461. The van der Waals surface area contributed by atoms with E-state index >= 15 is 0 Å². The Balaban J connectivity index is 3.14. The molecule has 0 bridgehead atoms. The zero-order valence-corrected chi connectivity index (χ0v) is 15.3. The largest absolute Gasteiger partial charge is 0.497 e. The fourth-order valence-corrected chi connectivity index (χ4v) is 3.52. The van der Waals surface area contributed by atoms with E-state index in [-0.39, 0.29) is 17.3 Å². The first-order chi connectivity index (χ1) is 11.4. The summed E-state index contributed by atoms with van der Waals surface area (Å²) >= 11 is 0. The third-order valence-corrected chi connectivity index (χ3v) is 4.87. The SMILES string of the molecule is CCCCC(NS(=O)(=O)c1cc(OC)ccc1OC)C(=O)OCC. The molecule has 0 aromatic heterocycles. The molecule has 0 radical (unpaired) electrons. The van der Waals surface area contributed by atoms with Gasteiger partial charge >= 0.3 is 5.97 Å². The smallest absolute Gasteiger partial charge is 0.324 e. The number of benzene rings is 1. The number of hydrogen-bond donors (Lipinski definition) is 1. The van der Waals surface area contributed by atoms with Crippen LogP contribution in [0.1, 0.15) is 33.1 Å². The second-order valence-corrected chi connectivity index (χ2v) is 6.77. The standard InChI is InChI=1S/C16H25NO6S/c1-5-7-8-13(16(18)23-6-2)17-24(19,20)15-11-12(21-3)9-10-14(15)22-4/h9-11,13,17H,5-8H2,1-4H3. The highest BCUT2D eigenvalue weighted by molar-refractivity contribution is 7.89. The van der Waals surface area contributed by atoms with E-state index in [1.807, 2.05) is 6.92 Å². The second-order valence-electron chi connectivity index (χ2n) is 5.08. The van der Waals surface area contributed by atoms with Crippen LogP contribution in [-0.2, 0) is 19.6 Å². The van der Waals surface area contributed by atoms with Crippen LogP contribution in [0.25, 0.3) is 0 Å². The van der Waals surface area contributed by atoms with Gasteiger partial charge in [-0.15, -0.1) is 0 Å². The molecular weight excluding hydrogens is 334 g/mol. The van der Waals surface area contributed by atoms with E-state index in [9.17, 15) is 13.2 Å². The molecule has 0 saturated carbocycles. The van der Waals surface area contributed by atoms with Crippen molar-refractivity contribution in [3.63, 3.8) is 0 Å². The highest BCUT2D eigenvalue weighted by atomic mass is 32.2. The van der Waals surface area contributed by atoms with Gasteiger partial charge in [0.15, 0.2) is 0 Å². The van der Waals surface area contributed by atoms with Crippen molar-refractivity contribution in [1.29, 1.82) is 0 Å². The monoisotopic (exact) mass is 359 g/mol. The van der Waals surface area contributed by atoms with E-state index in [0.717, 1.165) is 6.42 Å². The third kappa shape index (κ3) is 5.38. The minimum Gasteiger partial charge on any atom is -0.497 e. The van der Waals surface area contributed by atoms with Crippen LogP contribution in [0.15, 0.2) is 23.1 Å². The predicted octanol–water partition coefficient (Wildman–Crippen LogP) is 2.10. The van der Waals surface area contributed by atoms with Crippen LogP contribution in [0.3, 0.4) is 0 Å². The molecular formula is C16H25NO6S. The molecule has 24 heavy (non-hydrogen) atoms. The molecule has 0 aliphatic carbocycles. The van der Waals surface area contributed by atoms with Gasteiger partial charge in [-0.05, 0) is 25.5 Å². The van der Waals surface area contributed by atoms with Crippen LogP contribution in [0.4, 0.5) is 0 Å². The molecule has 1 rings (SSSR count). The molecule has 1 N–H and O–H groups in total. The van der Waals surface area contributed by atoms with Crippen LogP contribution < -0.4 is 14.2 Å². The van der Waals surface area contributed by atoms with Gasteiger partial charge in [-0.25, -0.2) is 8.42 Å². The summed E-state index contributed by atoms with van der Waals surface area (Å²) in [5, 5.41) is 0. The number of nitrogens with one attached hydrogen (secondary N) is 1. The average molecular weight is 359 g/mol. The van der Waals surface area contributed by atoms with E-state index in [1.54, 1.807) is 13.0 Å². The molecule has 1 aromatic rings. The van der Waals surface area contributed by atoms with E-state index in [2.05, 4.69) is 4.72 Å². The van der Waals surface area contributed by atoms with Gasteiger partial charge in [0.2, 0.25) is 10.0 Å². The lowest BCUT2D eigenvalue weighted by atomic mass is 10.1. The fraction of sp³-hybridized carbons (Fsp3) is 0.562.